The molecular formula is C12H3Cl5F3NO. The minimum absolute atomic E-state index is 0.120. The van der Waals surface area contributed by atoms with E-state index >= 15 is 0 Å². The van der Waals surface area contributed by atoms with E-state index in [-0.39, 0.29) is 36.2 Å². The Balaban J connectivity index is 2.79. The zero-order valence-electron chi connectivity index (χ0n) is 10.1. The first-order valence-corrected chi connectivity index (χ1v) is 7.25. The van der Waals surface area contributed by atoms with Gasteiger partial charge in [0.1, 0.15) is 5.82 Å². The number of pyridine rings is 1. The maximum absolute atomic E-state index is 13.4. The van der Waals surface area contributed by atoms with Crippen molar-refractivity contribution in [1.29, 1.82) is 0 Å². The van der Waals surface area contributed by atoms with Crippen molar-refractivity contribution >= 4 is 58.0 Å². The molecule has 0 aliphatic rings. The number of hydrogen-bond acceptors (Lipinski definition) is 2. The van der Waals surface area contributed by atoms with Gasteiger partial charge >= 0.3 is 6.61 Å². The molecule has 0 saturated heterocycles. The van der Waals surface area contributed by atoms with Crippen LogP contribution in [0, 0.1) is 5.82 Å². The van der Waals surface area contributed by atoms with Crippen molar-refractivity contribution < 1.29 is 17.9 Å². The molecule has 1 aromatic heterocycles. The van der Waals surface area contributed by atoms with Crippen LogP contribution < -0.4 is 4.74 Å². The molecule has 2 aromatic rings. The minimum Gasteiger partial charge on any atom is -0.416 e. The predicted octanol–water partition coefficient (Wildman–Crippen LogP) is 6.76. The molecule has 118 valence electrons. The summed E-state index contributed by atoms with van der Waals surface area (Å²) in [6.07, 6.45) is 0.697. The van der Waals surface area contributed by atoms with E-state index in [1.54, 1.807) is 0 Å². The van der Waals surface area contributed by atoms with Crippen molar-refractivity contribution in [2.24, 2.45) is 0 Å². The van der Waals surface area contributed by atoms with Crippen molar-refractivity contribution in [3.05, 3.63) is 43.2 Å². The Labute approximate surface area is 147 Å². The molecule has 22 heavy (non-hydrogen) atoms. The molecule has 0 radical (unpaired) electrons. The van der Waals surface area contributed by atoms with Gasteiger partial charge in [0.15, 0.2) is 0 Å². The minimum atomic E-state index is -3.19. The molecular weight excluding hydrogens is 408 g/mol. The normalized spacial score (nSPS) is 11.1. The predicted molar refractivity (Wildman–Crippen MR) is 81.3 cm³/mol. The van der Waals surface area contributed by atoms with E-state index in [2.05, 4.69) is 9.72 Å². The van der Waals surface area contributed by atoms with E-state index in [1.807, 2.05) is 0 Å². The van der Waals surface area contributed by atoms with Gasteiger partial charge in [-0.15, -0.1) is 0 Å². The molecule has 0 aliphatic heterocycles. The van der Waals surface area contributed by atoms with Gasteiger partial charge in [-0.05, 0) is 6.07 Å². The fraction of sp³-hybridized carbons (Fsp3) is 0.0833. The van der Waals surface area contributed by atoms with E-state index < -0.39 is 18.3 Å². The average Bonchev–Trinajstić information content (AvgIpc) is 2.45. The number of rotatable bonds is 3. The molecule has 0 fully saturated rings. The lowest BCUT2D eigenvalue weighted by Gasteiger charge is -2.15. The second-order valence-corrected chi connectivity index (χ2v) is 5.72. The van der Waals surface area contributed by atoms with Gasteiger partial charge in [0, 0.05) is 5.56 Å². The number of halogens is 8. The Kier molecular flexibility index (Phi) is 5.56. The molecule has 0 aliphatic carbocycles. The van der Waals surface area contributed by atoms with Gasteiger partial charge in [0.2, 0.25) is 5.88 Å². The fourth-order valence-electron chi connectivity index (χ4n) is 1.63. The van der Waals surface area contributed by atoms with Crippen molar-refractivity contribution in [1.82, 2.24) is 4.98 Å². The third-order valence-electron chi connectivity index (χ3n) is 2.50. The number of nitrogens with zero attached hydrogens (tertiary/aromatic N) is 1. The Bertz CT molecular complexity index is 712. The summed E-state index contributed by atoms with van der Waals surface area (Å²) in [5.74, 6) is -1.42. The summed E-state index contributed by atoms with van der Waals surface area (Å²) in [4.78, 5) is 3.45. The number of ether oxygens (including phenoxy) is 1. The standard InChI is InChI=1S/C12H3Cl5F3NO/c13-6-5(7(14)9(16)10(17)8(6)15)4-1-3(18)2-21-11(4)22-12(19)20/h1-2,12H. The van der Waals surface area contributed by atoms with Crippen LogP contribution in [0.15, 0.2) is 12.3 Å². The molecule has 2 rings (SSSR count). The van der Waals surface area contributed by atoms with Crippen LogP contribution >= 0.6 is 58.0 Å². The highest BCUT2D eigenvalue weighted by Crippen LogP contribution is 2.49. The van der Waals surface area contributed by atoms with Gasteiger partial charge in [0.25, 0.3) is 0 Å². The number of benzene rings is 1. The molecule has 0 unspecified atom stereocenters. The zero-order chi connectivity index (χ0) is 16.6. The number of alkyl halides is 2. The monoisotopic (exact) mass is 409 g/mol. The average molecular weight is 411 g/mol. The summed E-state index contributed by atoms with van der Waals surface area (Å²) in [7, 11) is 0. The van der Waals surface area contributed by atoms with Crippen LogP contribution in [0.5, 0.6) is 5.88 Å². The highest BCUT2D eigenvalue weighted by atomic mass is 35.5. The largest absolute Gasteiger partial charge is 0.416 e. The van der Waals surface area contributed by atoms with E-state index in [1.165, 1.54) is 0 Å². The third kappa shape index (κ3) is 3.34. The maximum atomic E-state index is 13.4. The fourth-order valence-corrected chi connectivity index (χ4v) is 2.97. The molecule has 1 aromatic carbocycles. The highest BCUT2D eigenvalue weighted by Gasteiger charge is 2.24. The van der Waals surface area contributed by atoms with Gasteiger partial charge in [-0.1, -0.05) is 58.0 Å². The highest BCUT2D eigenvalue weighted by molar-refractivity contribution is 6.56. The van der Waals surface area contributed by atoms with Crippen LogP contribution in [0.2, 0.25) is 25.1 Å². The lowest BCUT2D eigenvalue weighted by molar-refractivity contribution is -0.0524. The van der Waals surface area contributed by atoms with Crippen molar-refractivity contribution in [2.75, 3.05) is 0 Å². The summed E-state index contributed by atoms with van der Waals surface area (Å²) in [5.41, 5.74) is -0.360. The molecule has 0 saturated carbocycles. The van der Waals surface area contributed by atoms with Gasteiger partial charge in [-0.25, -0.2) is 9.37 Å². The topological polar surface area (TPSA) is 22.1 Å². The van der Waals surface area contributed by atoms with E-state index in [4.69, 9.17) is 58.0 Å². The number of aromatic nitrogens is 1. The first-order valence-electron chi connectivity index (χ1n) is 5.36. The number of hydrogen-bond donors (Lipinski definition) is 0. The Hall–Kier alpha value is -0.590. The molecule has 0 amide bonds. The molecule has 2 nitrogen and oxygen atoms in total. The lowest BCUT2D eigenvalue weighted by atomic mass is 10.1. The van der Waals surface area contributed by atoms with Gasteiger partial charge in [-0.2, -0.15) is 8.78 Å². The van der Waals surface area contributed by atoms with Crippen LogP contribution in [0.4, 0.5) is 13.2 Å². The molecule has 1 heterocycles. The Morgan fingerprint density at radius 1 is 0.909 bits per heavy atom. The molecule has 10 heteroatoms. The van der Waals surface area contributed by atoms with E-state index in [0.717, 1.165) is 6.07 Å². The summed E-state index contributed by atoms with van der Waals surface area (Å²) in [5, 5.41) is -0.858. The van der Waals surface area contributed by atoms with E-state index in [9.17, 15) is 13.2 Å². The van der Waals surface area contributed by atoms with Gasteiger partial charge in [-0.3, -0.25) is 0 Å². The summed E-state index contributed by atoms with van der Waals surface area (Å²) in [6.45, 7) is -3.19. The first-order chi connectivity index (χ1) is 10.2. The second-order valence-electron chi connectivity index (χ2n) is 3.83. The summed E-state index contributed by atoms with van der Waals surface area (Å²) in [6, 6.07) is 0.859. The zero-order valence-corrected chi connectivity index (χ0v) is 13.9. The van der Waals surface area contributed by atoms with Crippen LogP contribution in [-0.2, 0) is 0 Å². The van der Waals surface area contributed by atoms with Crippen LogP contribution in [-0.4, -0.2) is 11.6 Å². The van der Waals surface area contributed by atoms with Crippen LogP contribution in [0.1, 0.15) is 0 Å². The molecule has 0 bridgehead atoms. The Morgan fingerprint density at radius 3 is 1.91 bits per heavy atom. The quantitative estimate of drug-likeness (QED) is 0.411. The first kappa shape index (κ1) is 17.8. The van der Waals surface area contributed by atoms with Crippen LogP contribution in [0.3, 0.4) is 0 Å². The summed E-state index contributed by atoms with van der Waals surface area (Å²) < 4.78 is 42.5. The smallest absolute Gasteiger partial charge is 0.388 e. The third-order valence-corrected chi connectivity index (χ3v) is 4.77. The molecule has 0 atom stereocenters. The van der Waals surface area contributed by atoms with Crippen molar-refractivity contribution in [2.45, 2.75) is 6.61 Å². The SMILES string of the molecule is Fc1cnc(OC(F)F)c(-c2c(Cl)c(Cl)c(Cl)c(Cl)c2Cl)c1. The van der Waals surface area contributed by atoms with Gasteiger partial charge < -0.3 is 4.74 Å². The van der Waals surface area contributed by atoms with Gasteiger partial charge in [0.05, 0.1) is 36.9 Å². The van der Waals surface area contributed by atoms with Crippen molar-refractivity contribution in [3.8, 4) is 17.0 Å². The van der Waals surface area contributed by atoms with Crippen molar-refractivity contribution in [3.63, 3.8) is 0 Å². The van der Waals surface area contributed by atoms with E-state index in [0.29, 0.717) is 6.20 Å². The maximum Gasteiger partial charge on any atom is 0.388 e. The summed E-state index contributed by atoms with van der Waals surface area (Å²) >= 11 is 29.7. The molecule has 0 N–H and O–H groups in total. The van der Waals surface area contributed by atoms with Crippen LogP contribution in [0.25, 0.3) is 11.1 Å². The lowest BCUT2D eigenvalue weighted by Crippen LogP contribution is -2.05. The Morgan fingerprint density at radius 2 is 1.41 bits per heavy atom. The second kappa shape index (κ2) is 6.89. The molecule has 0 spiro atoms.